The molecule has 0 radical (unpaired) electrons. The van der Waals surface area contributed by atoms with Crippen LogP contribution in [0.1, 0.15) is 117 Å². The highest BCUT2D eigenvalue weighted by Crippen LogP contribution is 2.22. The SMILES string of the molecule is CCCCCCCCC(CC)CCCCCCCC(CC(=O)O)C(=O)O. The minimum atomic E-state index is -1.02. The molecule has 154 valence electrons. The van der Waals surface area contributed by atoms with E-state index in [1.54, 1.807) is 0 Å². The van der Waals surface area contributed by atoms with Gasteiger partial charge < -0.3 is 10.2 Å². The number of rotatable bonds is 19. The fraction of sp³-hybridized carbons (Fsp3) is 0.909. The largest absolute Gasteiger partial charge is 0.481 e. The summed E-state index contributed by atoms with van der Waals surface area (Å²) in [5, 5.41) is 17.8. The second-order valence-corrected chi connectivity index (χ2v) is 7.81. The Bertz CT molecular complexity index is 354. The zero-order chi connectivity index (χ0) is 19.6. The van der Waals surface area contributed by atoms with Crippen molar-refractivity contribution < 1.29 is 19.8 Å². The van der Waals surface area contributed by atoms with Crippen LogP contribution in [0.15, 0.2) is 0 Å². The van der Waals surface area contributed by atoms with Gasteiger partial charge >= 0.3 is 11.9 Å². The van der Waals surface area contributed by atoms with Gasteiger partial charge in [-0.1, -0.05) is 104 Å². The van der Waals surface area contributed by atoms with Crippen LogP contribution in [0.5, 0.6) is 0 Å². The third kappa shape index (κ3) is 15.2. The van der Waals surface area contributed by atoms with Crippen LogP contribution in [-0.2, 0) is 9.59 Å². The molecule has 0 aliphatic carbocycles. The topological polar surface area (TPSA) is 74.6 Å². The van der Waals surface area contributed by atoms with Crippen molar-refractivity contribution >= 4 is 11.9 Å². The van der Waals surface area contributed by atoms with Crippen molar-refractivity contribution in [1.82, 2.24) is 0 Å². The second-order valence-electron chi connectivity index (χ2n) is 7.81. The quantitative estimate of drug-likeness (QED) is 0.249. The number of carbonyl (C=O) groups is 2. The van der Waals surface area contributed by atoms with E-state index in [1.165, 1.54) is 70.6 Å². The molecule has 0 aliphatic rings. The zero-order valence-electron chi connectivity index (χ0n) is 17.2. The number of carboxylic acid groups (broad SMARTS) is 2. The summed E-state index contributed by atoms with van der Waals surface area (Å²) in [6, 6.07) is 0. The third-order valence-electron chi connectivity index (χ3n) is 5.48. The minimum absolute atomic E-state index is 0.258. The molecule has 4 nitrogen and oxygen atoms in total. The van der Waals surface area contributed by atoms with Crippen molar-refractivity contribution in [2.24, 2.45) is 11.8 Å². The maximum Gasteiger partial charge on any atom is 0.307 e. The number of hydrogen-bond donors (Lipinski definition) is 2. The highest BCUT2D eigenvalue weighted by atomic mass is 16.4. The lowest BCUT2D eigenvalue weighted by molar-refractivity contribution is -0.148. The molecule has 0 fully saturated rings. The Morgan fingerprint density at radius 1 is 0.692 bits per heavy atom. The summed E-state index contributed by atoms with van der Waals surface area (Å²) in [5.74, 6) is -1.86. The summed E-state index contributed by atoms with van der Waals surface area (Å²) in [6.07, 6.45) is 17.9. The molecule has 0 saturated carbocycles. The van der Waals surface area contributed by atoms with E-state index in [0.29, 0.717) is 6.42 Å². The molecule has 0 aromatic carbocycles. The monoisotopic (exact) mass is 370 g/mol. The number of aliphatic carboxylic acids is 2. The lowest BCUT2D eigenvalue weighted by atomic mass is 9.92. The van der Waals surface area contributed by atoms with Gasteiger partial charge in [-0.2, -0.15) is 0 Å². The second kappa shape index (κ2) is 17.4. The van der Waals surface area contributed by atoms with E-state index in [-0.39, 0.29) is 6.42 Å². The molecule has 0 aromatic rings. The molecule has 0 spiro atoms. The van der Waals surface area contributed by atoms with Crippen LogP contribution in [0.3, 0.4) is 0 Å². The van der Waals surface area contributed by atoms with E-state index >= 15 is 0 Å². The predicted molar refractivity (Wildman–Crippen MR) is 107 cm³/mol. The van der Waals surface area contributed by atoms with Crippen molar-refractivity contribution in [3.63, 3.8) is 0 Å². The van der Waals surface area contributed by atoms with Gasteiger partial charge in [-0.15, -0.1) is 0 Å². The first-order valence-corrected chi connectivity index (χ1v) is 11.0. The standard InChI is InChI=1S/C22H42O4/c1-3-5-6-7-9-12-15-19(4-2)16-13-10-8-11-14-17-20(22(25)26)18-21(23)24/h19-20H,3-18H2,1-2H3,(H,23,24)(H,25,26). The number of hydrogen-bond acceptors (Lipinski definition) is 2. The number of carboxylic acids is 2. The van der Waals surface area contributed by atoms with Crippen LogP contribution in [-0.4, -0.2) is 22.2 Å². The molecule has 2 atom stereocenters. The van der Waals surface area contributed by atoms with Crippen LogP contribution in [0.25, 0.3) is 0 Å². The van der Waals surface area contributed by atoms with Crippen LogP contribution >= 0.6 is 0 Å². The minimum Gasteiger partial charge on any atom is -0.481 e. The average molecular weight is 371 g/mol. The van der Waals surface area contributed by atoms with Gasteiger partial charge in [0.15, 0.2) is 0 Å². The third-order valence-corrected chi connectivity index (χ3v) is 5.48. The van der Waals surface area contributed by atoms with Gasteiger partial charge in [0.2, 0.25) is 0 Å². The summed E-state index contributed by atoms with van der Waals surface area (Å²) in [5.41, 5.74) is 0. The normalized spacial score (nSPS) is 13.5. The fourth-order valence-corrected chi connectivity index (χ4v) is 3.64. The van der Waals surface area contributed by atoms with Gasteiger partial charge in [0.05, 0.1) is 12.3 Å². The summed E-state index contributed by atoms with van der Waals surface area (Å²) in [4.78, 5) is 21.7. The Labute approximate surface area is 160 Å². The molecule has 4 heteroatoms. The maximum atomic E-state index is 11.0. The van der Waals surface area contributed by atoms with Crippen LogP contribution in [0, 0.1) is 11.8 Å². The first-order chi connectivity index (χ1) is 12.5. The van der Waals surface area contributed by atoms with E-state index in [9.17, 15) is 9.59 Å². The molecule has 0 amide bonds. The van der Waals surface area contributed by atoms with E-state index in [1.807, 2.05) is 0 Å². The van der Waals surface area contributed by atoms with Crippen LogP contribution in [0.4, 0.5) is 0 Å². The molecule has 0 aromatic heterocycles. The molecule has 0 bridgehead atoms. The lowest BCUT2D eigenvalue weighted by Gasteiger charge is -2.14. The Balaban J connectivity index is 3.61. The van der Waals surface area contributed by atoms with Gasteiger partial charge in [-0.05, 0) is 12.3 Å². The molecular weight excluding hydrogens is 328 g/mol. The highest BCUT2D eigenvalue weighted by Gasteiger charge is 2.20. The van der Waals surface area contributed by atoms with Crippen molar-refractivity contribution in [3.05, 3.63) is 0 Å². The summed E-state index contributed by atoms with van der Waals surface area (Å²) in [6.45, 7) is 4.56. The lowest BCUT2D eigenvalue weighted by Crippen LogP contribution is -2.17. The van der Waals surface area contributed by atoms with E-state index < -0.39 is 17.9 Å². The van der Waals surface area contributed by atoms with Crippen molar-refractivity contribution in [1.29, 1.82) is 0 Å². The summed E-state index contributed by atoms with van der Waals surface area (Å²) >= 11 is 0. The molecule has 26 heavy (non-hydrogen) atoms. The zero-order valence-corrected chi connectivity index (χ0v) is 17.2. The van der Waals surface area contributed by atoms with Gasteiger partial charge in [0, 0.05) is 0 Å². The van der Waals surface area contributed by atoms with E-state index in [2.05, 4.69) is 13.8 Å². The highest BCUT2D eigenvalue weighted by molar-refractivity contribution is 5.77. The van der Waals surface area contributed by atoms with Gasteiger partial charge in [0.1, 0.15) is 0 Å². The average Bonchev–Trinajstić information content (AvgIpc) is 2.60. The van der Waals surface area contributed by atoms with Gasteiger partial charge in [-0.3, -0.25) is 9.59 Å². The van der Waals surface area contributed by atoms with Gasteiger partial charge in [0.25, 0.3) is 0 Å². The summed E-state index contributed by atoms with van der Waals surface area (Å²) < 4.78 is 0. The molecule has 2 N–H and O–H groups in total. The Morgan fingerprint density at radius 3 is 1.58 bits per heavy atom. The maximum absolute atomic E-state index is 11.0. The Hall–Kier alpha value is -1.06. The summed E-state index contributed by atoms with van der Waals surface area (Å²) in [7, 11) is 0. The molecule has 2 unspecified atom stereocenters. The van der Waals surface area contributed by atoms with Crippen LogP contribution < -0.4 is 0 Å². The first kappa shape index (κ1) is 24.9. The van der Waals surface area contributed by atoms with Gasteiger partial charge in [-0.25, -0.2) is 0 Å². The molecule has 0 aliphatic heterocycles. The van der Waals surface area contributed by atoms with E-state index in [4.69, 9.17) is 10.2 Å². The van der Waals surface area contributed by atoms with Crippen LogP contribution in [0.2, 0.25) is 0 Å². The number of unbranched alkanes of at least 4 members (excludes halogenated alkanes) is 9. The fourth-order valence-electron chi connectivity index (χ4n) is 3.64. The first-order valence-electron chi connectivity index (χ1n) is 11.0. The Kier molecular flexibility index (Phi) is 16.7. The van der Waals surface area contributed by atoms with Crippen molar-refractivity contribution in [2.45, 2.75) is 117 Å². The molecule has 0 rings (SSSR count). The Morgan fingerprint density at radius 2 is 1.15 bits per heavy atom. The van der Waals surface area contributed by atoms with E-state index in [0.717, 1.165) is 25.2 Å². The predicted octanol–water partition coefficient (Wildman–Crippen LogP) is 6.67. The van der Waals surface area contributed by atoms with Crippen molar-refractivity contribution in [3.8, 4) is 0 Å². The molecule has 0 heterocycles. The van der Waals surface area contributed by atoms with Crippen molar-refractivity contribution in [2.75, 3.05) is 0 Å². The molecular formula is C22H42O4. The smallest absolute Gasteiger partial charge is 0.307 e. The molecule has 0 saturated heterocycles.